The summed E-state index contributed by atoms with van der Waals surface area (Å²) < 4.78 is 0. The number of aromatic hydroxyl groups is 1. The standard InChI is InChI=1S/C16H15NO3S/c1-17(16(20)13-4-6-14(19)7-5-13)10-12-9-15(21-11-12)3-2-8-18/h4-7,9,11,18-19H,8,10H2,1H3. The molecule has 108 valence electrons. The first kappa shape index (κ1) is 15.1. The fourth-order valence-electron chi connectivity index (χ4n) is 1.82. The number of aliphatic hydroxyl groups excluding tert-OH is 1. The number of thiophene rings is 1. The van der Waals surface area contributed by atoms with Crippen molar-refractivity contribution in [2.45, 2.75) is 6.54 Å². The molecule has 0 aliphatic rings. The predicted octanol–water partition coefficient (Wildman–Crippen LogP) is 2.07. The molecule has 5 heteroatoms. The lowest BCUT2D eigenvalue weighted by atomic mass is 10.2. The molecule has 0 bridgehead atoms. The van der Waals surface area contributed by atoms with Crippen LogP contribution in [0.1, 0.15) is 20.8 Å². The normalized spacial score (nSPS) is 9.81. The van der Waals surface area contributed by atoms with Crippen LogP contribution in [0.15, 0.2) is 35.7 Å². The molecule has 2 N–H and O–H groups in total. The van der Waals surface area contributed by atoms with Gasteiger partial charge in [-0.15, -0.1) is 11.3 Å². The number of rotatable bonds is 3. The maximum atomic E-state index is 12.2. The smallest absolute Gasteiger partial charge is 0.253 e. The molecule has 2 rings (SSSR count). The van der Waals surface area contributed by atoms with Crippen molar-refractivity contribution in [3.8, 4) is 17.6 Å². The Bertz CT molecular complexity index is 680. The van der Waals surface area contributed by atoms with Crippen molar-refractivity contribution in [2.24, 2.45) is 0 Å². The number of carbonyl (C=O) groups excluding carboxylic acids is 1. The number of hydrogen-bond acceptors (Lipinski definition) is 4. The monoisotopic (exact) mass is 301 g/mol. The number of phenolic OH excluding ortho intramolecular Hbond substituents is 1. The molecule has 21 heavy (non-hydrogen) atoms. The second kappa shape index (κ2) is 6.93. The highest BCUT2D eigenvalue weighted by atomic mass is 32.1. The van der Waals surface area contributed by atoms with Crippen LogP contribution in [-0.4, -0.2) is 34.7 Å². The van der Waals surface area contributed by atoms with Crippen LogP contribution in [0.3, 0.4) is 0 Å². The number of aliphatic hydroxyl groups is 1. The Labute approximate surface area is 127 Å². The summed E-state index contributed by atoms with van der Waals surface area (Å²) in [4.78, 5) is 14.7. The number of carbonyl (C=O) groups is 1. The van der Waals surface area contributed by atoms with Crippen LogP contribution >= 0.6 is 11.3 Å². The fourth-order valence-corrected chi connectivity index (χ4v) is 2.59. The summed E-state index contributed by atoms with van der Waals surface area (Å²) in [6.07, 6.45) is 0. The summed E-state index contributed by atoms with van der Waals surface area (Å²) in [6, 6.07) is 8.09. The average Bonchev–Trinajstić information content (AvgIpc) is 2.92. The second-order valence-electron chi connectivity index (χ2n) is 4.49. The van der Waals surface area contributed by atoms with Crippen LogP contribution in [0, 0.1) is 11.8 Å². The third-order valence-corrected chi connectivity index (χ3v) is 3.72. The van der Waals surface area contributed by atoms with Crippen LogP contribution in [0.4, 0.5) is 0 Å². The highest BCUT2D eigenvalue weighted by molar-refractivity contribution is 7.10. The van der Waals surface area contributed by atoms with Gasteiger partial charge in [0.05, 0.1) is 4.88 Å². The SMILES string of the molecule is CN(Cc1csc(C#CCO)c1)C(=O)c1ccc(O)cc1. The zero-order valence-electron chi connectivity index (χ0n) is 11.5. The molecule has 0 saturated carbocycles. The average molecular weight is 301 g/mol. The Balaban J connectivity index is 2.03. The van der Waals surface area contributed by atoms with Crippen LogP contribution in [0.2, 0.25) is 0 Å². The maximum Gasteiger partial charge on any atom is 0.253 e. The van der Waals surface area contributed by atoms with E-state index >= 15 is 0 Å². The Morgan fingerprint density at radius 2 is 2.05 bits per heavy atom. The van der Waals surface area contributed by atoms with Gasteiger partial charge in [-0.05, 0) is 41.3 Å². The van der Waals surface area contributed by atoms with Crippen molar-refractivity contribution >= 4 is 17.2 Å². The van der Waals surface area contributed by atoms with E-state index in [-0.39, 0.29) is 18.3 Å². The van der Waals surface area contributed by atoms with Gasteiger partial charge in [0.15, 0.2) is 0 Å². The number of benzene rings is 1. The van der Waals surface area contributed by atoms with E-state index in [9.17, 15) is 9.90 Å². The van der Waals surface area contributed by atoms with E-state index in [0.717, 1.165) is 10.4 Å². The quantitative estimate of drug-likeness (QED) is 0.853. The lowest BCUT2D eigenvalue weighted by Gasteiger charge is -2.16. The van der Waals surface area contributed by atoms with E-state index in [1.165, 1.54) is 23.5 Å². The Morgan fingerprint density at radius 3 is 2.71 bits per heavy atom. The minimum atomic E-state index is -0.160. The van der Waals surface area contributed by atoms with E-state index in [2.05, 4.69) is 11.8 Å². The fraction of sp³-hybridized carbons (Fsp3) is 0.188. The summed E-state index contributed by atoms with van der Waals surface area (Å²) in [5, 5.41) is 19.8. The minimum absolute atomic E-state index is 0.107. The number of nitrogens with zero attached hydrogens (tertiary/aromatic N) is 1. The zero-order valence-corrected chi connectivity index (χ0v) is 12.4. The van der Waals surface area contributed by atoms with Gasteiger partial charge in [-0.2, -0.15) is 0 Å². The molecule has 0 atom stereocenters. The predicted molar refractivity (Wildman–Crippen MR) is 82.2 cm³/mol. The summed E-state index contributed by atoms with van der Waals surface area (Å²) >= 11 is 1.49. The van der Waals surface area contributed by atoms with Crippen LogP contribution < -0.4 is 0 Å². The molecule has 0 aliphatic carbocycles. The van der Waals surface area contributed by atoms with Gasteiger partial charge in [-0.3, -0.25) is 4.79 Å². The Hall–Kier alpha value is -2.29. The van der Waals surface area contributed by atoms with Crippen molar-refractivity contribution in [1.82, 2.24) is 4.90 Å². The van der Waals surface area contributed by atoms with Crippen molar-refractivity contribution < 1.29 is 15.0 Å². The van der Waals surface area contributed by atoms with Crippen molar-refractivity contribution in [3.63, 3.8) is 0 Å². The molecule has 4 nitrogen and oxygen atoms in total. The van der Waals surface area contributed by atoms with E-state index in [1.807, 2.05) is 11.4 Å². The van der Waals surface area contributed by atoms with Gasteiger partial charge in [0.1, 0.15) is 12.4 Å². The second-order valence-corrected chi connectivity index (χ2v) is 5.40. The largest absolute Gasteiger partial charge is 0.508 e. The lowest BCUT2D eigenvalue weighted by Crippen LogP contribution is -2.25. The van der Waals surface area contributed by atoms with Gasteiger partial charge < -0.3 is 15.1 Å². The Kier molecular flexibility index (Phi) is 4.99. The first-order valence-electron chi connectivity index (χ1n) is 6.32. The van der Waals surface area contributed by atoms with Crippen LogP contribution in [0.25, 0.3) is 0 Å². The number of hydrogen-bond donors (Lipinski definition) is 2. The van der Waals surface area contributed by atoms with Gasteiger partial charge >= 0.3 is 0 Å². The highest BCUT2D eigenvalue weighted by Crippen LogP contribution is 2.17. The molecule has 0 aliphatic heterocycles. The number of amides is 1. The molecule has 1 aromatic carbocycles. The summed E-state index contributed by atoms with van der Waals surface area (Å²) in [5.74, 6) is 5.47. The van der Waals surface area contributed by atoms with Crippen LogP contribution in [-0.2, 0) is 6.54 Å². The third-order valence-electron chi connectivity index (χ3n) is 2.83. The summed E-state index contributed by atoms with van der Waals surface area (Å²) in [5.41, 5.74) is 1.53. The summed E-state index contributed by atoms with van der Waals surface area (Å²) in [7, 11) is 1.73. The first-order valence-corrected chi connectivity index (χ1v) is 7.19. The Morgan fingerprint density at radius 1 is 1.33 bits per heavy atom. The molecule has 0 fully saturated rings. The minimum Gasteiger partial charge on any atom is -0.508 e. The molecule has 1 amide bonds. The molecule has 0 saturated heterocycles. The van der Waals surface area contributed by atoms with Gasteiger partial charge in [-0.1, -0.05) is 11.8 Å². The van der Waals surface area contributed by atoms with E-state index in [1.54, 1.807) is 24.1 Å². The molecular formula is C16H15NO3S. The van der Waals surface area contributed by atoms with Gasteiger partial charge in [0, 0.05) is 19.2 Å². The van der Waals surface area contributed by atoms with Crippen molar-refractivity contribution in [2.75, 3.05) is 13.7 Å². The van der Waals surface area contributed by atoms with Gasteiger partial charge in [-0.25, -0.2) is 0 Å². The molecule has 1 aromatic heterocycles. The first-order chi connectivity index (χ1) is 10.1. The lowest BCUT2D eigenvalue weighted by molar-refractivity contribution is 0.0785. The summed E-state index contributed by atoms with van der Waals surface area (Å²) in [6.45, 7) is 0.323. The molecule has 0 unspecified atom stereocenters. The molecule has 2 aromatic rings. The van der Waals surface area contributed by atoms with Crippen LogP contribution in [0.5, 0.6) is 5.75 Å². The molecule has 1 heterocycles. The number of phenols is 1. The van der Waals surface area contributed by atoms with Gasteiger partial charge in [0.2, 0.25) is 0 Å². The third kappa shape index (κ3) is 4.09. The van der Waals surface area contributed by atoms with Gasteiger partial charge in [0.25, 0.3) is 5.91 Å². The van der Waals surface area contributed by atoms with E-state index in [4.69, 9.17) is 5.11 Å². The van der Waals surface area contributed by atoms with Crippen molar-refractivity contribution in [3.05, 3.63) is 51.7 Å². The van der Waals surface area contributed by atoms with Crippen molar-refractivity contribution in [1.29, 1.82) is 0 Å². The van der Waals surface area contributed by atoms with E-state index < -0.39 is 0 Å². The topological polar surface area (TPSA) is 60.8 Å². The molecule has 0 radical (unpaired) electrons. The highest BCUT2D eigenvalue weighted by Gasteiger charge is 2.12. The van der Waals surface area contributed by atoms with E-state index in [0.29, 0.717) is 12.1 Å². The maximum absolute atomic E-state index is 12.2. The molecule has 0 spiro atoms. The zero-order chi connectivity index (χ0) is 15.2. The molecular weight excluding hydrogens is 286 g/mol.